The van der Waals surface area contributed by atoms with Gasteiger partial charge in [-0.3, -0.25) is 9.59 Å². The summed E-state index contributed by atoms with van der Waals surface area (Å²) in [5.74, 6) is -2.08. The Balaban J connectivity index is 1.77. The molecule has 0 radical (unpaired) electrons. The molecule has 0 bridgehead atoms. The Labute approximate surface area is 177 Å². The maximum Gasteiger partial charge on any atom is 0.248 e. The van der Waals surface area contributed by atoms with E-state index in [4.69, 9.17) is 10.5 Å². The number of thioether (sulfide) groups is 1. The lowest BCUT2D eigenvalue weighted by molar-refractivity contribution is -0.122. The summed E-state index contributed by atoms with van der Waals surface area (Å²) in [5, 5.41) is 9.22. The molecule has 3 atom stereocenters. The van der Waals surface area contributed by atoms with Gasteiger partial charge in [-0.2, -0.15) is 5.26 Å². The lowest BCUT2D eigenvalue weighted by Gasteiger charge is -2.30. The summed E-state index contributed by atoms with van der Waals surface area (Å²) >= 11 is 1.04. The molecule has 0 aromatic heterocycles. The summed E-state index contributed by atoms with van der Waals surface area (Å²) in [6, 6.07) is 14.4. The van der Waals surface area contributed by atoms with E-state index in [1.54, 1.807) is 24.3 Å². The number of hydrogen-bond acceptors (Lipinski definition) is 6. The molecule has 0 spiro atoms. The van der Waals surface area contributed by atoms with E-state index in [1.807, 2.05) is 6.92 Å². The van der Waals surface area contributed by atoms with Crippen LogP contribution in [0.4, 0.5) is 10.1 Å². The van der Waals surface area contributed by atoms with Gasteiger partial charge >= 0.3 is 0 Å². The second kappa shape index (κ2) is 7.84. The van der Waals surface area contributed by atoms with Crippen LogP contribution in [0.2, 0.25) is 0 Å². The Morgan fingerprint density at radius 2 is 1.80 bits per heavy atom. The molecule has 30 heavy (non-hydrogen) atoms. The molecule has 6 nitrogen and oxygen atoms in total. The average molecular weight is 423 g/mol. The number of anilines is 1. The van der Waals surface area contributed by atoms with Gasteiger partial charge in [-0.1, -0.05) is 23.9 Å². The molecular formula is C22H18FN3O3S. The lowest BCUT2D eigenvalue weighted by atomic mass is 9.79. The number of halogens is 1. The monoisotopic (exact) mass is 423 g/mol. The third-order valence-corrected chi connectivity index (χ3v) is 6.46. The maximum atomic E-state index is 13.4. The van der Waals surface area contributed by atoms with Crippen LogP contribution in [0.5, 0.6) is 5.75 Å². The molecule has 1 saturated heterocycles. The van der Waals surface area contributed by atoms with Gasteiger partial charge in [0.05, 0.1) is 34.9 Å². The maximum absolute atomic E-state index is 13.4. The molecule has 0 unspecified atom stereocenters. The van der Waals surface area contributed by atoms with Gasteiger partial charge in [-0.05, 0) is 48.9 Å². The number of allylic oxidation sites excluding steroid dienone is 1. The highest BCUT2D eigenvalue weighted by molar-refractivity contribution is 8.04. The van der Waals surface area contributed by atoms with Crippen LogP contribution in [0.3, 0.4) is 0 Å². The van der Waals surface area contributed by atoms with E-state index < -0.39 is 34.7 Å². The first-order valence-electron chi connectivity index (χ1n) is 9.38. The number of amides is 2. The average Bonchev–Trinajstić information content (AvgIpc) is 2.98. The van der Waals surface area contributed by atoms with Crippen molar-refractivity contribution in [3.05, 3.63) is 70.5 Å². The number of carbonyl (C=O) groups is 2. The summed E-state index contributed by atoms with van der Waals surface area (Å²) in [6.07, 6.45) is 0. The topological polar surface area (TPSA) is 96.4 Å². The number of benzene rings is 2. The largest absolute Gasteiger partial charge is 0.494 e. The van der Waals surface area contributed by atoms with Crippen molar-refractivity contribution in [1.29, 1.82) is 5.26 Å². The summed E-state index contributed by atoms with van der Waals surface area (Å²) in [4.78, 5) is 27.5. The highest BCUT2D eigenvalue weighted by Crippen LogP contribution is 2.50. The molecular weight excluding hydrogens is 405 g/mol. The third-order valence-electron chi connectivity index (χ3n) is 5.24. The number of nitriles is 1. The number of carbonyl (C=O) groups excluding carboxylic acids is 2. The Hall–Kier alpha value is -3.31. The number of nitrogens with zero attached hydrogens (tertiary/aromatic N) is 2. The molecule has 2 aliphatic heterocycles. The first kappa shape index (κ1) is 20.0. The van der Waals surface area contributed by atoms with Crippen molar-refractivity contribution in [3.8, 4) is 11.8 Å². The van der Waals surface area contributed by atoms with Crippen molar-refractivity contribution in [2.45, 2.75) is 18.1 Å². The Morgan fingerprint density at radius 1 is 1.13 bits per heavy atom. The van der Waals surface area contributed by atoms with Crippen LogP contribution >= 0.6 is 11.8 Å². The third kappa shape index (κ3) is 3.21. The Kier molecular flexibility index (Phi) is 5.22. The van der Waals surface area contributed by atoms with Gasteiger partial charge in [0.1, 0.15) is 16.8 Å². The van der Waals surface area contributed by atoms with Crippen LogP contribution < -0.4 is 15.4 Å². The minimum absolute atomic E-state index is 0.236. The molecule has 2 amide bonds. The molecule has 2 heterocycles. The number of ether oxygens (including phenoxy) is 1. The minimum atomic E-state index is -0.785. The van der Waals surface area contributed by atoms with Crippen LogP contribution in [0.25, 0.3) is 0 Å². The van der Waals surface area contributed by atoms with Crippen LogP contribution in [-0.2, 0) is 9.59 Å². The van der Waals surface area contributed by atoms with Crippen molar-refractivity contribution in [2.75, 3.05) is 11.5 Å². The standard InChI is InChI=1S/C22H18FN3O3S/c1-2-29-15-9-3-12(4-10-15)17-16(11-24)20(25)30-19-18(17)21(27)26(22(19)28)14-7-5-13(23)6-8-14/h3-10,17-19H,2,25H2,1H3/t17-,18+,19-/m1/s1. The van der Waals surface area contributed by atoms with Gasteiger partial charge in [-0.25, -0.2) is 9.29 Å². The second-order valence-corrected chi connectivity index (χ2v) is 8.11. The SMILES string of the molecule is CCOc1ccc([C@@H]2C(C#N)=C(N)S[C@H]3C(=O)N(c4ccc(F)cc4)C(=O)[C@H]32)cc1. The zero-order valence-electron chi connectivity index (χ0n) is 16.0. The zero-order chi connectivity index (χ0) is 21.4. The van der Waals surface area contributed by atoms with Gasteiger partial charge in [0, 0.05) is 5.92 Å². The fourth-order valence-corrected chi connectivity index (χ4v) is 5.12. The molecule has 0 saturated carbocycles. The Morgan fingerprint density at radius 3 is 2.40 bits per heavy atom. The van der Waals surface area contributed by atoms with E-state index in [2.05, 4.69) is 6.07 Å². The smallest absolute Gasteiger partial charge is 0.248 e. The number of fused-ring (bicyclic) bond motifs is 1. The van der Waals surface area contributed by atoms with Crippen molar-refractivity contribution in [1.82, 2.24) is 0 Å². The first-order chi connectivity index (χ1) is 14.5. The van der Waals surface area contributed by atoms with Crippen LogP contribution in [-0.4, -0.2) is 23.7 Å². The van der Waals surface area contributed by atoms with Gasteiger partial charge < -0.3 is 10.5 Å². The summed E-state index contributed by atoms with van der Waals surface area (Å²) in [6.45, 7) is 2.39. The normalized spacial score (nSPS) is 23.4. The van der Waals surface area contributed by atoms with Crippen molar-refractivity contribution >= 4 is 29.3 Å². The number of hydrogen-bond donors (Lipinski definition) is 1. The lowest BCUT2D eigenvalue weighted by Crippen LogP contribution is -2.33. The summed E-state index contributed by atoms with van der Waals surface area (Å²) < 4.78 is 18.8. The molecule has 4 rings (SSSR count). The van der Waals surface area contributed by atoms with E-state index >= 15 is 0 Å². The van der Waals surface area contributed by atoms with E-state index in [1.165, 1.54) is 24.3 Å². The molecule has 152 valence electrons. The number of rotatable bonds is 4. The minimum Gasteiger partial charge on any atom is -0.494 e. The van der Waals surface area contributed by atoms with E-state index in [9.17, 15) is 19.2 Å². The van der Waals surface area contributed by atoms with Gasteiger partial charge in [0.25, 0.3) is 0 Å². The molecule has 0 aliphatic carbocycles. The molecule has 2 aliphatic rings. The van der Waals surface area contributed by atoms with Crippen molar-refractivity contribution in [2.24, 2.45) is 11.7 Å². The number of nitrogens with two attached hydrogens (primary N) is 1. The second-order valence-electron chi connectivity index (χ2n) is 6.92. The molecule has 2 aromatic rings. The predicted molar refractivity (Wildman–Crippen MR) is 111 cm³/mol. The predicted octanol–water partition coefficient (Wildman–Crippen LogP) is 3.31. The van der Waals surface area contributed by atoms with Crippen LogP contribution in [0.15, 0.2) is 59.1 Å². The molecule has 2 aromatic carbocycles. The highest BCUT2D eigenvalue weighted by Gasteiger charge is 2.56. The molecule has 2 N–H and O–H groups in total. The van der Waals surface area contributed by atoms with Gasteiger partial charge in [-0.15, -0.1) is 0 Å². The van der Waals surface area contributed by atoms with Gasteiger partial charge in [0.15, 0.2) is 0 Å². The molecule has 8 heteroatoms. The van der Waals surface area contributed by atoms with Gasteiger partial charge in [0.2, 0.25) is 11.8 Å². The molecule has 1 fully saturated rings. The highest BCUT2D eigenvalue weighted by atomic mass is 32.2. The first-order valence-corrected chi connectivity index (χ1v) is 10.3. The van der Waals surface area contributed by atoms with Crippen LogP contribution in [0, 0.1) is 23.1 Å². The fourth-order valence-electron chi connectivity index (χ4n) is 3.92. The van der Waals surface area contributed by atoms with Crippen molar-refractivity contribution in [3.63, 3.8) is 0 Å². The zero-order valence-corrected chi connectivity index (χ0v) is 16.9. The van der Waals surface area contributed by atoms with Crippen molar-refractivity contribution < 1.29 is 18.7 Å². The fraction of sp³-hybridized carbons (Fsp3) is 0.227. The Bertz CT molecular complexity index is 1080. The quantitative estimate of drug-likeness (QED) is 0.758. The summed E-state index contributed by atoms with van der Waals surface area (Å²) in [5.41, 5.74) is 7.40. The summed E-state index contributed by atoms with van der Waals surface area (Å²) in [7, 11) is 0. The van der Waals surface area contributed by atoms with E-state index in [0.29, 0.717) is 23.6 Å². The van der Waals surface area contributed by atoms with Crippen LogP contribution in [0.1, 0.15) is 18.4 Å². The van der Waals surface area contributed by atoms with E-state index in [0.717, 1.165) is 16.7 Å². The van der Waals surface area contributed by atoms with E-state index in [-0.39, 0.29) is 10.6 Å². The number of imide groups is 1.